The first kappa shape index (κ1) is 14.6. The Morgan fingerprint density at radius 3 is 2.56 bits per heavy atom. The number of nitrogens with two attached hydrogens (primary N) is 1. The van der Waals surface area contributed by atoms with Crippen molar-refractivity contribution in [2.75, 3.05) is 14.2 Å². The van der Waals surface area contributed by atoms with Gasteiger partial charge in [0.1, 0.15) is 6.04 Å². The van der Waals surface area contributed by atoms with E-state index in [4.69, 9.17) is 31.9 Å². The Labute approximate surface area is 110 Å². The smallest absolute Gasteiger partial charge is 0.320 e. The van der Waals surface area contributed by atoms with Crippen molar-refractivity contribution in [1.82, 2.24) is 0 Å². The number of carboxylic acids is 1. The normalized spacial score (nSPS) is 12.1. The zero-order valence-corrected chi connectivity index (χ0v) is 11.2. The Kier molecular flexibility index (Phi) is 4.81. The van der Waals surface area contributed by atoms with Crippen molar-refractivity contribution in [2.24, 2.45) is 5.73 Å². The summed E-state index contributed by atoms with van der Waals surface area (Å²) in [6.07, 6.45) is 0.182. The van der Waals surface area contributed by atoms with Gasteiger partial charge in [0.2, 0.25) is 0 Å². The third-order valence-corrected chi connectivity index (χ3v) is 3.18. The van der Waals surface area contributed by atoms with Gasteiger partial charge in [-0.2, -0.15) is 0 Å². The van der Waals surface area contributed by atoms with Gasteiger partial charge in [-0.25, -0.2) is 0 Å². The summed E-state index contributed by atoms with van der Waals surface area (Å²) < 4.78 is 10.3. The number of ether oxygens (including phenoxy) is 2. The van der Waals surface area contributed by atoms with Crippen LogP contribution in [-0.4, -0.2) is 31.3 Å². The molecule has 1 unspecified atom stereocenters. The summed E-state index contributed by atoms with van der Waals surface area (Å²) in [5.41, 5.74) is 6.99. The molecule has 0 saturated heterocycles. The van der Waals surface area contributed by atoms with E-state index in [9.17, 15) is 4.79 Å². The Hall–Kier alpha value is -1.46. The number of benzene rings is 1. The minimum Gasteiger partial charge on any atom is -0.493 e. The lowest BCUT2D eigenvalue weighted by Gasteiger charge is -2.16. The zero-order valence-electron chi connectivity index (χ0n) is 10.5. The highest BCUT2D eigenvalue weighted by Crippen LogP contribution is 2.39. The van der Waals surface area contributed by atoms with Gasteiger partial charge < -0.3 is 20.3 Å². The maximum absolute atomic E-state index is 10.8. The van der Waals surface area contributed by atoms with Gasteiger partial charge in [-0.05, 0) is 30.5 Å². The van der Waals surface area contributed by atoms with Crippen LogP contribution in [0.4, 0.5) is 0 Å². The fraction of sp³-hybridized carbons (Fsp3) is 0.417. The van der Waals surface area contributed by atoms with Crippen LogP contribution in [-0.2, 0) is 11.2 Å². The van der Waals surface area contributed by atoms with Gasteiger partial charge in [0.05, 0.1) is 19.2 Å². The van der Waals surface area contributed by atoms with E-state index >= 15 is 0 Å². The van der Waals surface area contributed by atoms with Gasteiger partial charge in [0.25, 0.3) is 0 Å². The second-order valence-corrected chi connectivity index (χ2v) is 4.24. The van der Waals surface area contributed by atoms with E-state index in [0.29, 0.717) is 16.5 Å². The lowest BCUT2D eigenvalue weighted by Crippen LogP contribution is -2.32. The summed E-state index contributed by atoms with van der Waals surface area (Å²) >= 11 is 6.15. The van der Waals surface area contributed by atoms with Gasteiger partial charge in [-0.3, -0.25) is 4.79 Å². The predicted molar refractivity (Wildman–Crippen MR) is 68.6 cm³/mol. The average molecular weight is 274 g/mol. The second kappa shape index (κ2) is 5.93. The Morgan fingerprint density at radius 2 is 2.11 bits per heavy atom. The number of methoxy groups -OCH3 is 2. The average Bonchev–Trinajstić information content (AvgIpc) is 2.34. The van der Waals surface area contributed by atoms with Crippen molar-refractivity contribution in [3.8, 4) is 11.5 Å². The molecule has 1 aromatic rings. The molecule has 0 spiro atoms. The molecular formula is C12H16ClNO4. The summed E-state index contributed by atoms with van der Waals surface area (Å²) in [4.78, 5) is 10.8. The largest absolute Gasteiger partial charge is 0.493 e. The van der Waals surface area contributed by atoms with Gasteiger partial charge in [-0.1, -0.05) is 11.6 Å². The van der Waals surface area contributed by atoms with Crippen molar-refractivity contribution in [2.45, 2.75) is 19.4 Å². The van der Waals surface area contributed by atoms with Crippen molar-refractivity contribution in [3.05, 3.63) is 22.2 Å². The Bertz CT molecular complexity index is 462. The minimum absolute atomic E-state index is 0.182. The highest BCUT2D eigenvalue weighted by atomic mass is 35.5. The van der Waals surface area contributed by atoms with Crippen molar-refractivity contribution in [1.29, 1.82) is 0 Å². The monoisotopic (exact) mass is 273 g/mol. The maximum Gasteiger partial charge on any atom is 0.320 e. The van der Waals surface area contributed by atoms with Crippen LogP contribution in [0.25, 0.3) is 0 Å². The number of halogens is 1. The molecule has 1 atom stereocenters. The number of aliphatic carboxylic acids is 1. The molecule has 0 saturated carbocycles. The number of rotatable bonds is 5. The summed E-state index contributed by atoms with van der Waals surface area (Å²) in [5.74, 6) is -0.162. The fourth-order valence-corrected chi connectivity index (χ4v) is 1.92. The molecule has 0 radical (unpaired) electrons. The molecule has 0 aromatic heterocycles. The molecule has 3 N–H and O–H groups in total. The van der Waals surface area contributed by atoms with Gasteiger partial charge in [-0.15, -0.1) is 0 Å². The van der Waals surface area contributed by atoms with Crippen LogP contribution < -0.4 is 15.2 Å². The molecule has 0 aliphatic carbocycles. The lowest BCUT2D eigenvalue weighted by molar-refractivity contribution is -0.138. The molecule has 1 aromatic carbocycles. The van der Waals surface area contributed by atoms with E-state index in [0.717, 1.165) is 11.1 Å². The summed E-state index contributed by atoms with van der Waals surface area (Å²) in [7, 11) is 2.98. The van der Waals surface area contributed by atoms with Crippen LogP contribution in [0.15, 0.2) is 6.07 Å². The third kappa shape index (κ3) is 2.86. The Balaban J connectivity index is 3.21. The van der Waals surface area contributed by atoms with Gasteiger partial charge >= 0.3 is 5.97 Å². The summed E-state index contributed by atoms with van der Waals surface area (Å²) in [5, 5.41) is 9.22. The number of hydrogen-bond donors (Lipinski definition) is 2. The second-order valence-electron chi connectivity index (χ2n) is 3.86. The first-order chi connectivity index (χ1) is 8.42. The van der Waals surface area contributed by atoms with Crippen LogP contribution in [0.5, 0.6) is 11.5 Å². The molecule has 1 rings (SSSR count). The Morgan fingerprint density at radius 1 is 1.50 bits per heavy atom. The van der Waals surface area contributed by atoms with Crippen LogP contribution in [0.1, 0.15) is 11.1 Å². The predicted octanol–water partition coefficient (Wildman–Crippen LogP) is 1.62. The van der Waals surface area contributed by atoms with Crippen LogP contribution >= 0.6 is 11.6 Å². The van der Waals surface area contributed by atoms with Crippen molar-refractivity contribution in [3.63, 3.8) is 0 Å². The molecule has 0 aliphatic rings. The van der Waals surface area contributed by atoms with E-state index in [1.165, 1.54) is 14.2 Å². The molecule has 0 amide bonds. The standard InChI is InChI=1S/C12H16ClNO4/c1-6-7(4-8(14)12(15)16)5-9(17-2)11(18-3)10(6)13/h5,8H,4,14H2,1-3H3,(H,15,16). The lowest BCUT2D eigenvalue weighted by atomic mass is 10.0. The molecule has 0 heterocycles. The highest BCUT2D eigenvalue weighted by molar-refractivity contribution is 6.33. The quantitative estimate of drug-likeness (QED) is 0.852. The zero-order chi connectivity index (χ0) is 13.9. The van der Waals surface area contributed by atoms with Crippen molar-refractivity contribution >= 4 is 17.6 Å². The van der Waals surface area contributed by atoms with E-state index in [-0.39, 0.29) is 6.42 Å². The molecule has 18 heavy (non-hydrogen) atoms. The molecule has 0 aliphatic heterocycles. The SMILES string of the molecule is COc1cc(CC(N)C(=O)O)c(C)c(Cl)c1OC. The number of hydrogen-bond acceptors (Lipinski definition) is 4. The van der Waals surface area contributed by atoms with Crippen LogP contribution in [0.3, 0.4) is 0 Å². The molecule has 0 bridgehead atoms. The molecule has 0 fully saturated rings. The molecule has 100 valence electrons. The van der Waals surface area contributed by atoms with Crippen LogP contribution in [0, 0.1) is 6.92 Å². The fourth-order valence-electron chi connectivity index (χ4n) is 1.63. The van der Waals surface area contributed by atoms with E-state index < -0.39 is 12.0 Å². The maximum atomic E-state index is 10.8. The van der Waals surface area contributed by atoms with E-state index in [1.807, 2.05) is 0 Å². The highest BCUT2D eigenvalue weighted by Gasteiger charge is 2.19. The first-order valence-corrected chi connectivity index (χ1v) is 5.68. The summed E-state index contributed by atoms with van der Waals surface area (Å²) in [6.45, 7) is 1.79. The molecule has 5 nitrogen and oxygen atoms in total. The van der Waals surface area contributed by atoms with Gasteiger partial charge in [0.15, 0.2) is 11.5 Å². The summed E-state index contributed by atoms with van der Waals surface area (Å²) in [6, 6.07) is 0.723. The van der Waals surface area contributed by atoms with E-state index in [1.54, 1.807) is 13.0 Å². The van der Waals surface area contributed by atoms with Crippen LogP contribution in [0.2, 0.25) is 5.02 Å². The first-order valence-electron chi connectivity index (χ1n) is 5.30. The number of carboxylic acid groups (broad SMARTS) is 1. The van der Waals surface area contributed by atoms with Gasteiger partial charge in [0, 0.05) is 0 Å². The topological polar surface area (TPSA) is 81.8 Å². The van der Waals surface area contributed by atoms with Crippen molar-refractivity contribution < 1.29 is 19.4 Å². The molecule has 6 heteroatoms. The third-order valence-electron chi connectivity index (χ3n) is 2.72. The van der Waals surface area contributed by atoms with E-state index in [2.05, 4.69) is 0 Å². The minimum atomic E-state index is -1.06. The molecular weight excluding hydrogens is 258 g/mol. The number of carbonyl (C=O) groups is 1.